The Kier molecular flexibility index (Phi) is 4.14. The fraction of sp³-hybridized carbons (Fsp3) is 0.200. The molecule has 0 radical (unpaired) electrons. The van der Waals surface area contributed by atoms with Crippen LogP contribution in [0.1, 0.15) is 40.6 Å². The van der Waals surface area contributed by atoms with E-state index in [-0.39, 0.29) is 5.92 Å². The van der Waals surface area contributed by atoms with Crippen molar-refractivity contribution in [3.8, 4) is 0 Å². The maximum atomic E-state index is 13.7. The van der Waals surface area contributed by atoms with Gasteiger partial charge in [0.1, 0.15) is 0 Å². The van der Waals surface area contributed by atoms with Crippen molar-refractivity contribution in [2.75, 3.05) is 0 Å². The number of hydrogen-bond acceptors (Lipinski definition) is 2. The van der Waals surface area contributed by atoms with E-state index in [0.29, 0.717) is 10.8 Å². The molecule has 1 aliphatic rings. The highest BCUT2D eigenvalue weighted by Gasteiger charge is 2.44. The Morgan fingerprint density at radius 1 is 0.793 bits per heavy atom. The predicted octanol–water partition coefficient (Wildman–Crippen LogP) is 5.77. The van der Waals surface area contributed by atoms with Gasteiger partial charge in [-0.25, -0.2) is 12.4 Å². The van der Waals surface area contributed by atoms with Crippen molar-refractivity contribution in [1.82, 2.24) is 3.97 Å². The van der Waals surface area contributed by atoms with Gasteiger partial charge in [-0.2, -0.15) is 0 Å². The number of para-hydroxylation sites is 1. The van der Waals surface area contributed by atoms with Gasteiger partial charge in [-0.1, -0.05) is 66.2 Å². The van der Waals surface area contributed by atoms with Crippen LogP contribution in [-0.4, -0.2) is 12.4 Å². The Balaban J connectivity index is 1.71. The molecule has 2 atom stereocenters. The van der Waals surface area contributed by atoms with Gasteiger partial charge in [-0.15, -0.1) is 0 Å². The Labute approximate surface area is 171 Å². The maximum absolute atomic E-state index is 13.7. The summed E-state index contributed by atoms with van der Waals surface area (Å²) in [4.78, 5) is 0.335. The van der Waals surface area contributed by atoms with Gasteiger partial charge in [0.2, 0.25) is 0 Å². The third-order valence-corrected chi connectivity index (χ3v) is 7.80. The molecule has 4 aromatic rings. The van der Waals surface area contributed by atoms with Crippen molar-refractivity contribution in [3.63, 3.8) is 0 Å². The second-order valence-electron chi connectivity index (χ2n) is 7.97. The van der Waals surface area contributed by atoms with Crippen LogP contribution >= 0.6 is 0 Å². The summed E-state index contributed by atoms with van der Waals surface area (Å²) in [5.41, 5.74) is 5.09. The number of fused-ring (bicyclic) bond motifs is 1. The van der Waals surface area contributed by atoms with Gasteiger partial charge in [0, 0.05) is 17.0 Å². The standard InChI is InChI=1S/C25H23NO2S/c1-17-12-14-20(15-13-17)29(27,28)26-24-11-7-6-10-21(24)18(2)25(26)23-16-22(23)19-8-4-3-5-9-19/h3-15,22-23H,16H2,1-2H3/t22?,23-/m1/s1. The lowest BCUT2D eigenvalue weighted by atomic mass is 10.1. The molecule has 3 nitrogen and oxygen atoms in total. The summed E-state index contributed by atoms with van der Waals surface area (Å²) < 4.78 is 29.1. The number of aromatic nitrogens is 1. The third kappa shape index (κ3) is 2.90. The minimum Gasteiger partial charge on any atom is -0.237 e. The lowest BCUT2D eigenvalue weighted by molar-refractivity contribution is 0.586. The average Bonchev–Trinajstić information content (AvgIpc) is 3.47. The topological polar surface area (TPSA) is 39.1 Å². The van der Waals surface area contributed by atoms with Gasteiger partial charge < -0.3 is 0 Å². The molecule has 146 valence electrons. The molecule has 0 amide bonds. The first-order chi connectivity index (χ1) is 14.0. The molecule has 29 heavy (non-hydrogen) atoms. The lowest BCUT2D eigenvalue weighted by Gasteiger charge is -2.13. The largest absolute Gasteiger partial charge is 0.268 e. The van der Waals surface area contributed by atoms with Crippen molar-refractivity contribution in [1.29, 1.82) is 0 Å². The Hall–Kier alpha value is -2.85. The van der Waals surface area contributed by atoms with Crippen molar-refractivity contribution in [2.45, 2.75) is 37.0 Å². The molecule has 0 aliphatic heterocycles. The predicted molar refractivity (Wildman–Crippen MR) is 117 cm³/mol. The number of benzene rings is 3. The molecule has 5 rings (SSSR count). The van der Waals surface area contributed by atoms with Gasteiger partial charge in [-0.05, 0) is 55.5 Å². The number of rotatable bonds is 4. The molecular formula is C25H23NO2S. The molecule has 1 saturated carbocycles. The van der Waals surface area contributed by atoms with E-state index in [0.717, 1.165) is 34.1 Å². The van der Waals surface area contributed by atoms with Gasteiger partial charge in [0.25, 0.3) is 10.0 Å². The van der Waals surface area contributed by atoms with Gasteiger partial charge in [0.05, 0.1) is 10.4 Å². The molecule has 4 heteroatoms. The number of hydrogen-bond donors (Lipinski definition) is 0. The van der Waals surface area contributed by atoms with Gasteiger partial charge >= 0.3 is 0 Å². The van der Waals surface area contributed by atoms with E-state index in [4.69, 9.17) is 0 Å². The molecule has 1 aliphatic carbocycles. The monoisotopic (exact) mass is 401 g/mol. The van der Waals surface area contributed by atoms with Gasteiger partial charge in [0.15, 0.2) is 0 Å². The second kappa shape index (κ2) is 6.60. The minimum atomic E-state index is -3.69. The second-order valence-corrected chi connectivity index (χ2v) is 9.76. The highest BCUT2D eigenvalue weighted by molar-refractivity contribution is 7.90. The van der Waals surface area contributed by atoms with Gasteiger partial charge in [-0.3, -0.25) is 0 Å². The zero-order chi connectivity index (χ0) is 20.2. The zero-order valence-corrected chi connectivity index (χ0v) is 17.4. The summed E-state index contributed by atoms with van der Waals surface area (Å²) in [6, 6.07) is 25.4. The van der Waals surface area contributed by atoms with Crippen LogP contribution < -0.4 is 0 Å². The van der Waals surface area contributed by atoms with Crippen LogP contribution in [0.5, 0.6) is 0 Å². The van der Waals surface area contributed by atoms with E-state index in [1.807, 2.05) is 49.4 Å². The number of aryl methyl sites for hydroxylation is 2. The normalized spacial score (nSPS) is 18.8. The van der Waals surface area contributed by atoms with E-state index in [1.165, 1.54) is 5.56 Å². The van der Waals surface area contributed by atoms with Crippen LogP contribution in [0.15, 0.2) is 83.8 Å². The Morgan fingerprint density at radius 3 is 2.17 bits per heavy atom. The van der Waals surface area contributed by atoms with Crippen LogP contribution in [0, 0.1) is 13.8 Å². The molecular weight excluding hydrogens is 378 g/mol. The summed E-state index contributed by atoms with van der Waals surface area (Å²) in [5, 5.41) is 1.01. The highest BCUT2D eigenvalue weighted by atomic mass is 32.2. The molecule has 1 aromatic heterocycles. The molecule has 1 fully saturated rings. The summed E-state index contributed by atoms with van der Waals surface area (Å²) >= 11 is 0. The summed E-state index contributed by atoms with van der Waals surface area (Å²) in [6.07, 6.45) is 0.977. The van der Waals surface area contributed by atoms with Crippen molar-refractivity contribution >= 4 is 20.9 Å². The smallest absolute Gasteiger partial charge is 0.237 e. The number of nitrogens with zero attached hydrogens (tertiary/aromatic N) is 1. The Morgan fingerprint density at radius 2 is 1.45 bits per heavy atom. The quantitative estimate of drug-likeness (QED) is 0.436. The van der Waals surface area contributed by atoms with Crippen molar-refractivity contribution in [2.24, 2.45) is 0 Å². The zero-order valence-electron chi connectivity index (χ0n) is 16.5. The van der Waals surface area contributed by atoms with Crippen LogP contribution in [-0.2, 0) is 10.0 Å². The minimum absolute atomic E-state index is 0.213. The molecule has 0 N–H and O–H groups in total. The van der Waals surface area contributed by atoms with Crippen LogP contribution in [0.25, 0.3) is 10.9 Å². The lowest BCUT2D eigenvalue weighted by Crippen LogP contribution is -2.16. The molecule has 1 heterocycles. The third-order valence-electron chi connectivity index (χ3n) is 6.06. The van der Waals surface area contributed by atoms with E-state index in [2.05, 4.69) is 31.2 Å². The van der Waals surface area contributed by atoms with Crippen molar-refractivity contribution in [3.05, 3.63) is 101 Å². The molecule has 1 unspecified atom stereocenters. The first-order valence-corrected chi connectivity index (χ1v) is 11.4. The molecule has 3 aromatic carbocycles. The van der Waals surface area contributed by atoms with E-state index in [1.54, 1.807) is 16.1 Å². The van der Waals surface area contributed by atoms with E-state index < -0.39 is 10.0 Å². The first-order valence-electron chi connectivity index (χ1n) is 9.95. The molecule has 0 saturated heterocycles. The van der Waals surface area contributed by atoms with E-state index >= 15 is 0 Å². The van der Waals surface area contributed by atoms with Crippen molar-refractivity contribution < 1.29 is 8.42 Å². The SMILES string of the molecule is Cc1ccc(S(=O)(=O)n2c([C@@H]3CC3c3ccccc3)c(C)c3ccccc32)cc1. The summed E-state index contributed by atoms with van der Waals surface area (Å²) in [5.74, 6) is 0.580. The molecule has 0 bridgehead atoms. The maximum Gasteiger partial charge on any atom is 0.268 e. The highest BCUT2D eigenvalue weighted by Crippen LogP contribution is 2.56. The first kappa shape index (κ1) is 18.2. The Bertz CT molecular complexity index is 1300. The van der Waals surface area contributed by atoms with Crippen LogP contribution in [0.4, 0.5) is 0 Å². The van der Waals surface area contributed by atoms with Crippen LogP contribution in [0.3, 0.4) is 0 Å². The molecule has 0 spiro atoms. The fourth-order valence-electron chi connectivity index (χ4n) is 4.46. The average molecular weight is 402 g/mol. The van der Waals surface area contributed by atoms with Crippen LogP contribution in [0.2, 0.25) is 0 Å². The fourth-order valence-corrected chi connectivity index (χ4v) is 6.10. The summed E-state index contributed by atoms with van der Waals surface area (Å²) in [7, 11) is -3.69. The summed E-state index contributed by atoms with van der Waals surface area (Å²) in [6.45, 7) is 4.02. The van der Waals surface area contributed by atoms with E-state index in [9.17, 15) is 8.42 Å².